The van der Waals surface area contributed by atoms with Crippen molar-refractivity contribution in [3.8, 4) is 0 Å². The fourth-order valence-electron chi connectivity index (χ4n) is 1.96. The van der Waals surface area contributed by atoms with Gasteiger partial charge in [-0.25, -0.2) is 0 Å². The van der Waals surface area contributed by atoms with Crippen LogP contribution in [0.1, 0.15) is 12.8 Å². The summed E-state index contributed by atoms with van der Waals surface area (Å²) >= 11 is 0. The molecule has 2 rings (SSSR count). The number of amides is 1. The summed E-state index contributed by atoms with van der Waals surface area (Å²) in [6, 6.07) is 10.4. The van der Waals surface area contributed by atoms with Gasteiger partial charge in [0.25, 0.3) is 0 Å². The normalized spacial score (nSPS) is 10.7. The number of carbonyl (C=O) groups excluding carboxylic acids is 1. The van der Waals surface area contributed by atoms with Crippen molar-refractivity contribution in [2.24, 2.45) is 0 Å². The third kappa shape index (κ3) is 2.67. The van der Waals surface area contributed by atoms with Crippen molar-refractivity contribution in [2.75, 3.05) is 14.1 Å². The number of aromatic nitrogens is 1. The average molecular weight is 230 g/mol. The molecule has 0 N–H and O–H groups in total. The SMILES string of the molecule is CN(C)C(=O)CCCn1ccc2ccccc21. The van der Waals surface area contributed by atoms with E-state index in [9.17, 15) is 4.79 Å². The van der Waals surface area contributed by atoms with E-state index in [0.29, 0.717) is 6.42 Å². The molecule has 0 aliphatic heterocycles. The Morgan fingerprint density at radius 2 is 2.00 bits per heavy atom. The van der Waals surface area contributed by atoms with Gasteiger partial charge in [0, 0.05) is 38.8 Å². The van der Waals surface area contributed by atoms with Crippen molar-refractivity contribution in [3.05, 3.63) is 36.5 Å². The van der Waals surface area contributed by atoms with Crippen LogP contribution < -0.4 is 0 Å². The highest BCUT2D eigenvalue weighted by Gasteiger charge is 2.04. The van der Waals surface area contributed by atoms with Crippen LogP contribution in [0.2, 0.25) is 0 Å². The zero-order valence-electron chi connectivity index (χ0n) is 10.4. The monoisotopic (exact) mass is 230 g/mol. The van der Waals surface area contributed by atoms with Crippen LogP contribution in [0.25, 0.3) is 10.9 Å². The second-order valence-corrected chi connectivity index (χ2v) is 4.46. The molecule has 1 aromatic heterocycles. The number of hydrogen-bond acceptors (Lipinski definition) is 1. The van der Waals surface area contributed by atoms with Gasteiger partial charge in [-0.05, 0) is 23.9 Å². The molecule has 1 aromatic carbocycles. The van der Waals surface area contributed by atoms with Crippen LogP contribution in [-0.4, -0.2) is 29.5 Å². The molecular formula is C14H18N2O. The number of para-hydroxylation sites is 1. The number of hydrogen-bond donors (Lipinski definition) is 0. The molecule has 0 radical (unpaired) electrons. The van der Waals surface area contributed by atoms with Crippen LogP contribution in [-0.2, 0) is 11.3 Å². The summed E-state index contributed by atoms with van der Waals surface area (Å²) in [6.07, 6.45) is 3.58. The zero-order chi connectivity index (χ0) is 12.3. The van der Waals surface area contributed by atoms with Gasteiger partial charge < -0.3 is 9.47 Å². The average Bonchev–Trinajstić information content (AvgIpc) is 2.72. The lowest BCUT2D eigenvalue weighted by atomic mass is 10.2. The van der Waals surface area contributed by atoms with Crippen molar-refractivity contribution in [1.82, 2.24) is 9.47 Å². The molecular weight excluding hydrogens is 212 g/mol. The maximum Gasteiger partial charge on any atom is 0.222 e. The lowest BCUT2D eigenvalue weighted by Crippen LogP contribution is -2.21. The molecule has 3 heteroatoms. The second-order valence-electron chi connectivity index (χ2n) is 4.46. The van der Waals surface area contributed by atoms with Gasteiger partial charge in [-0.1, -0.05) is 18.2 Å². The minimum Gasteiger partial charge on any atom is -0.349 e. The van der Waals surface area contributed by atoms with Crippen molar-refractivity contribution in [3.63, 3.8) is 0 Å². The lowest BCUT2D eigenvalue weighted by molar-refractivity contribution is -0.128. The molecule has 1 amide bonds. The molecule has 0 atom stereocenters. The molecule has 0 aliphatic rings. The number of aryl methyl sites for hydroxylation is 1. The van der Waals surface area contributed by atoms with E-state index in [1.165, 1.54) is 10.9 Å². The predicted molar refractivity (Wildman–Crippen MR) is 69.9 cm³/mol. The number of fused-ring (bicyclic) bond motifs is 1. The first-order chi connectivity index (χ1) is 8.18. The van der Waals surface area contributed by atoms with Gasteiger partial charge in [-0.15, -0.1) is 0 Å². The molecule has 0 aliphatic carbocycles. The van der Waals surface area contributed by atoms with Gasteiger partial charge in [0.1, 0.15) is 0 Å². The first-order valence-corrected chi connectivity index (χ1v) is 5.92. The van der Waals surface area contributed by atoms with E-state index in [1.807, 2.05) is 12.1 Å². The molecule has 0 spiro atoms. The van der Waals surface area contributed by atoms with E-state index >= 15 is 0 Å². The fraction of sp³-hybridized carbons (Fsp3) is 0.357. The Morgan fingerprint density at radius 1 is 1.24 bits per heavy atom. The molecule has 2 aromatic rings. The largest absolute Gasteiger partial charge is 0.349 e. The van der Waals surface area contributed by atoms with Crippen LogP contribution in [0.5, 0.6) is 0 Å². The van der Waals surface area contributed by atoms with E-state index < -0.39 is 0 Å². The molecule has 90 valence electrons. The minimum atomic E-state index is 0.196. The summed E-state index contributed by atoms with van der Waals surface area (Å²) in [5, 5.41) is 1.26. The molecule has 0 saturated heterocycles. The summed E-state index contributed by atoms with van der Waals surface area (Å²) in [5.41, 5.74) is 1.24. The van der Waals surface area contributed by atoms with Crippen LogP contribution in [0, 0.1) is 0 Å². The van der Waals surface area contributed by atoms with Crippen LogP contribution in [0.4, 0.5) is 0 Å². The highest BCUT2D eigenvalue weighted by atomic mass is 16.2. The maximum atomic E-state index is 11.5. The first-order valence-electron chi connectivity index (χ1n) is 5.92. The molecule has 0 bridgehead atoms. The van der Waals surface area contributed by atoms with Crippen molar-refractivity contribution in [2.45, 2.75) is 19.4 Å². The van der Waals surface area contributed by atoms with Crippen LogP contribution >= 0.6 is 0 Å². The van der Waals surface area contributed by atoms with E-state index in [0.717, 1.165) is 13.0 Å². The molecule has 0 fully saturated rings. The lowest BCUT2D eigenvalue weighted by Gasteiger charge is -2.10. The summed E-state index contributed by atoms with van der Waals surface area (Å²) < 4.78 is 2.21. The van der Waals surface area contributed by atoms with Gasteiger partial charge >= 0.3 is 0 Å². The van der Waals surface area contributed by atoms with E-state index in [1.54, 1.807) is 19.0 Å². The number of rotatable bonds is 4. The molecule has 0 saturated carbocycles. The van der Waals surface area contributed by atoms with E-state index in [4.69, 9.17) is 0 Å². The van der Waals surface area contributed by atoms with Crippen molar-refractivity contribution < 1.29 is 4.79 Å². The highest BCUT2D eigenvalue weighted by molar-refractivity contribution is 5.80. The Balaban J connectivity index is 1.98. The Labute approximate surface area is 102 Å². The Morgan fingerprint density at radius 3 is 2.76 bits per heavy atom. The van der Waals surface area contributed by atoms with Gasteiger partial charge in [0.05, 0.1) is 0 Å². The minimum absolute atomic E-state index is 0.196. The topological polar surface area (TPSA) is 25.2 Å². The summed E-state index contributed by atoms with van der Waals surface area (Å²) in [6.45, 7) is 0.896. The van der Waals surface area contributed by atoms with Gasteiger partial charge in [0.2, 0.25) is 5.91 Å². The van der Waals surface area contributed by atoms with Crippen molar-refractivity contribution in [1.29, 1.82) is 0 Å². The van der Waals surface area contributed by atoms with Gasteiger partial charge in [0.15, 0.2) is 0 Å². The maximum absolute atomic E-state index is 11.5. The smallest absolute Gasteiger partial charge is 0.222 e. The molecule has 1 heterocycles. The third-order valence-electron chi connectivity index (χ3n) is 2.97. The number of nitrogens with zero attached hydrogens (tertiary/aromatic N) is 2. The number of carbonyl (C=O) groups is 1. The Bertz CT molecular complexity index is 514. The fourth-order valence-corrected chi connectivity index (χ4v) is 1.96. The van der Waals surface area contributed by atoms with Crippen molar-refractivity contribution >= 4 is 16.8 Å². The zero-order valence-corrected chi connectivity index (χ0v) is 10.4. The second kappa shape index (κ2) is 5.04. The van der Waals surface area contributed by atoms with Crippen LogP contribution in [0.15, 0.2) is 36.5 Å². The van der Waals surface area contributed by atoms with E-state index in [-0.39, 0.29) is 5.91 Å². The predicted octanol–water partition coefficient (Wildman–Crippen LogP) is 2.51. The quantitative estimate of drug-likeness (QED) is 0.792. The van der Waals surface area contributed by atoms with E-state index in [2.05, 4.69) is 29.0 Å². The van der Waals surface area contributed by atoms with Crippen LogP contribution in [0.3, 0.4) is 0 Å². The molecule has 3 nitrogen and oxygen atoms in total. The number of benzene rings is 1. The Kier molecular flexibility index (Phi) is 3.47. The molecule has 0 unspecified atom stereocenters. The van der Waals surface area contributed by atoms with Gasteiger partial charge in [-0.2, -0.15) is 0 Å². The highest BCUT2D eigenvalue weighted by Crippen LogP contribution is 2.15. The Hall–Kier alpha value is -1.77. The summed E-state index contributed by atoms with van der Waals surface area (Å²) in [7, 11) is 3.60. The molecule has 17 heavy (non-hydrogen) atoms. The standard InChI is InChI=1S/C14H18N2O/c1-15(2)14(17)8-5-10-16-11-9-12-6-3-4-7-13(12)16/h3-4,6-7,9,11H,5,8,10H2,1-2H3. The van der Waals surface area contributed by atoms with Gasteiger partial charge in [-0.3, -0.25) is 4.79 Å². The first kappa shape index (κ1) is 11.7. The third-order valence-corrected chi connectivity index (χ3v) is 2.97. The summed E-state index contributed by atoms with van der Waals surface area (Å²) in [5.74, 6) is 0.196. The summed E-state index contributed by atoms with van der Waals surface area (Å²) in [4.78, 5) is 13.1.